The Bertz CT molecular complexity index is 909. The van der Waals surface area contributed by atoms with Gasteiger partial charge in [0.1, 0.15) is 5.82 Å². The highest BCUT2D eigenvalue weighted by Crippen LogP contribution is 2.35. The molecule has 9 heteroatoms. The highest BCUT2D eigenvalue weighted by molar-refractivity contribution is 9.10. The van der Waals surface area contributed by atoms with E-state index in [0.29, 0.717) is 21.9 Å². The van der Waals surface area contributed by atoms with Gasteiger partial charge in [-0.05, 0) is 71.8 Å². The largest absolute Gasteiger partial charge is 0.395 e. The van der Waals surface area contributed by atoms with E-state index in [2.05, 4.69) is 36.0 Å². The summed E-state index contributed by atoms with van der Waals surface area (Å²) in [5, 5.41) is 13.9. The van der Waals surface area contributed by atoms with E-state index in [9.17, 15) is 5.11 Å². The molecule has 0 amide bonds. The molecule has 2 aliphatic heterocycles. The molecular weight excluding hydrogens is 501 g/mol. The molecule has 31 heavy (non-hydrogen) atoms. The van der Waals surface area contributed by atoms with Gasteiger partial charge in [-0.25, -0.2) is 4.98 Å². The van der Waals surface area contributed by atoms with Crippen LogP contribution in [0, 0.1) is 11.8 Å². The number of nitrogens with one attached hydrogen (secondary N) is 1. The zero-order chi connectivity index (χ0) is 22.0. The summed E-state index contributed by atoms with van der Waals surface area (Å²) in [6, 6.07) is 5.49. The van der Waals surface area contributed by atoms with Gasteiger partial charge in [-0.15, -0.1) is 0 Å². The lowest BCUT2D eigenvalue weighted by Gasteiger charge is -2.46. The molecule has 1 aromatic heterocycles. The molecule has 3 heterocycles. The average Bonchev–Trinajstić information content (AvgIpc) is 2.70. The molecule has 2 atom stereocenters. The van der Waals surface area contributed by atoms with Crippen molar-refractivity contribution in [3.63, 3.8) is 0 Å². The Kier molecular flexibility index (Phi) is 7.60. The number of hydrogen-bond acceptors (Lipinski definition) is 6. The number of aliphatic hydroxyl groups excluding tert-OH is 1. The summed E-state index contributed by atoms with van der Waals surface area (Å²) in [6.07, 6.45) is 4.29. The van der Waals surface area contributed by atoms with Gasteiger partial charge in [-0.2, -0.15) is 4.98 Å². The lowest BCUT2D eigenvalue weighted by atomic mass is 9.81. The molecule has 0 spiro atoms. The quantitative estimate of drug-likeness (QED) is 0.535. The number of rotatable bonds is 7. The number of aliphatic hydroxyl groups is 1. The van der Waals surface area contributed by atoms with Gasteiger partial charge in [-0.3, -0.25) is 0 Å². The maximum atomic E-state index is 9.23. The number of benzene rings is 1. The summed E-state index contributed by atoms with van der Waals surface area (Å²) >= 11 is 16.0. The van der Waals surface area contributed by atoms with Crippen molar-refractivity contribution in [2.75, 3.05) is 49.5 Å². The van der Waals surface area contributed by atoms with Gasteiger partial charge in [0.15, 0.2) is 0 Å². The van der Waals surface area contributed by atoms with Gasteiger partial charge in [0.05, 0.1) is 17.1 Å². The van der Waals surface area contributed by atoms with Crippen molar-refractivity contribution in [2.24, 2.45) is 11.8 Å². The average molecular weight is 529 g/mol. The highest BCUT2D eigenvalue weighted by Gasteiger charge is 2.37. The molecular formula is C22H28BrCl2N5O. The maximum absolute atomic E-state index is 9.23. The van der Waals surface area contributed by atoms with Gasteiger partial charge in [0.2, 0.25) is 5.95 Å². The summed E-state index contributed by atoms with van der Waals surface area (Å²) in [5.41, 5.74) is 0.965. The molecule has 0 radical (unpaired) electrons. The van der Waals surface area contributed by atoms with Crippen LogP contribution in [0.5, 0.6) is 0 Å². The normalized spacial score (nSPS) is 21.1. The van der Waals surface area contributed by atoms with Crippen LogP contribution >= 0.6 is 39.1 Å². The first kappa shape index (κ1) is 23.1. The molecule has 0 saturated carbocycles. The molecule has 2 saturated heterocycles. The van der Waals surface area contributed by atoms with Crippen LogP contribution in [0.3, 0.4) is 0 Å². The number of likely N-dealkylation sites (tertiary alicyclic amines) is 1. The minimum atomic E-state index is -0.0345. The highest BCUT2D eigenvalue weighted by atomic mass is 79.9. The smallest absolute Gasteiger partial charge is 0.227 e. The van der Waals surface area contributed by atoms with E-state index >= 15 is 0 Å². The molecule has 2 aliphatic rings. The van der Waals surface area contributed by atoms with E-state index in [0.717, 1.165) is 54.5 Å². The van der Waals surface area contributed by atoms with Crippen molar-refractivity contribution in [3.8, 4) is 0 Å². The molecule has 2 aromatic rings. The van der Waals surface area contributed by atoms with E-state index in [1.165, 1.54) is 12.8 Å². The summed E-state index contributed by atoms with van der Waals surface area (Å²) in [5.74, 6) is 2.85. The van der Waals surface area contributed by atoms with Gasteiger partial charge in [0, 0.05) is 42.4 Å². The Morgan fingerprint density at radius 2 is 2.06 bits per heavy atom. The van der Waals surface area contributed by atoms with E-state index in [1.807, 2.05) is 19.1 Å². The van der Waals surface area contributed by atoms with Crippen LogP contribution in [0.25, 0.3) is 0 Å². The standard InChI is InChI=1S/C22H28BrCl2N5O/c1-14(18-5-4-17(24)9-20(18)25)27-21-19(23)10-26-22(28-21)30-12-16(13-30)15-3-2-6-29(11-15)7-8-31/h4-5,9-10,14-16,31H,2-3,6-8,11-13H2,1H3,(H,26,27,28)/t14-,15+/m1/s1. The number of anilines is 2. The first-order valence-electron chi connectivity index (χ1n) is 10.8. The number of hydrogen-bond donors (Lipinski definition) is 2. The maximum Gasteiger partial charge on any atom is 0.227 e. The van der Waals surface area contributed by atoms with Crippen LogP contribution < -0.4 is 10.2 Å². The van der Waals surface area contributed by atoms with Crippen LogP contribution in [-0.4, -0.2) is 59.3 Å². The second-order valence-electron chi connectivity index (χ2n) is 8.49. The minimum Gasteiger partial charge on any atom is -0.395 e. The minimum absolute atomic E-state index is 0.0345. The van der Waals surface area contributed by atoms with Crippen LogP contribution in [0.4, 0.5) is 11.8 Å². The molecule has 2 N–H and O–H groups in total. The predicted octanol–water partition coefficient (Wildman–Crippen LogP) is 4.86. The van der Waals surface area contributed by atoms with Crippen LogP contribution in [0.2, 0.25) is 10.0 Å². The van der Waals surface area contributed by atoms with Crippen molar-refractivity contribution in [1.29, 1.82) is 0 Å². The Balaban J connectivity index is 1.38. The Labute approximate surface area is 202 Å². The number of β-amino-alcohol motifs (C(OH)–C–C–N with tert-alkyl or cyclic N) is 1. The molecule has 4 rings (SSSR count). The lowest BCUT2D eigenvalue weighted by Crippen LogP contribution is -2.54. The number of piperidine rings is 1. The monoisotopic (exact) mass is 527 g/mol. The fourth-order valence-electron chi connectivity index (χ4n) is 4.54. The van der Waals surface area contributed by atoms with Crippen LogP contribution in [0.1, 0.15) is 31.4 Å². The molecule has 0 bridgehead atoms. The fraction of sp³-hybridized carbons (Fsp3) is 0.545. The van der Waals surface area contributed by atoms with Gasteiger partial charge < -0.3 is 20.2 Å². The zero-order valence-electron chi connectivity index (χ0n) is 17.6. The Morgan fingerprint density at radius 3 is 2.81 bits per heavy atom. The molecule has 0 unspecified atom stereocenters. The summed E-state index contributed by atoms with van der Waals surface area (Å²) < 4.78 is 0.817. The van der Waals surface area contributed by atoms with E-state index in [4.69, 9.17) is 28.2 Å². The molecule has 0 aliphatic carbocycles. The topological polar surface area (TPSA) is 64.5 Å². The van der Waals surface area contributed by atoms with Gasteiger partial charge in [0.25, 0.3) is 0 Å². The lowest BCUT2D eigenvalue weighted by molar-refractivity contribution is 0.101. The van der Waals surface area contributed by atoms with Crippen molar-refractivity contribution in [3.05, 3.63) is 44.5 Å². The Hall–Kier alpha value is -1.12. The van der Waals surface area contributed by atoms with Gasteiger partial charge >= 0.3 is 0 Å². The second kappa shape index (κ2) is 10.2. The summed E-state index contributed by atoms with van der Waals surface area (Å²) in [4.78, 5) is 13.9. The molecule has 6 nitrogen and oxygen atoms in total. The number of halogens is 3. The fourth-order valence-corrected chi connectivity index (χ4v) is 5.42. The molecule has 1 aromatic carbocycles. The molecule has 2 fully saturated rings. The first-order valence-corrected chi connectivity index (χ1v) is 12.3. The van der Waals surface area contributed by atoms with E-state index in [-0.39, 0.29) is 12.6 Å². The van der Waals surface area contributed by atoms with Gasteiger partial charge in [-0.1, -0.05) is 29.3 Å². The second-order valence-corrected chi connectivity index (χ2v) is 10.2. The summed E-state index contributed by atoms with van der Waals surface area (Å²) in [6.45, 7) is 7.23. The number of nitrogens with zero attached hydrogens (tertiary/aromatic N) is 4. The predicted molar refractivity (Wildman–Crippen MR) is 130 cm³/mol. The van der Waals surface area contributed by atoms with Crippen molar-refractivity contribution < 1.29 is 5.11 Å². The number of aromatic nitrogens is 2. The van der Waals surface area contributed by atoms with Crippen molar-refractivity contribution >= 4 is 50.9 Å². The van der Waals surface area contributed by atoms with Crippen molar-refractivity contribution in [2.45, 2.75) is 25.8 Å². The van der Waals surface area contributed by atoms with E-state index < -0.39 is 0 Å². The third-order valence-corrected chi connectivity index (χ3v) is 7.47. The Morgan fingerprint density at radius 1 is 1.26 bits per heavy atom. The third-order valence-electron chi connectivity index (χ3n) is 6.33. The first-order chi connectivity index (χ1) is 14.9. The van der Waals surface area contributed by atoms with Crippen LogP contribution in [0.15, 0.2) is 28.9 Å². The molecule has 168 valence electrons. The third kappa shape index (κ3) is 5.45. The zero-order valence-corrected chi connectivity index (χ0v) is 20.7. The van der Waals surface area contributed by atoms with Crippen molar-refractivity contribution in [1.82, 2.24) is 14.9 Å². The SMILES string of the molecule is C[C@@H](Nc1nc(N2CC([C@H]3CCCN(CCO)C3)C2)ncc1Br)c1ccc(Cl)cc1Cl. The van der Waals surface area contributed by atoms with Crippen LogP contribution in [-0.2, 0) is 0 Å². The van der Waals surface area contributed by atoms with E-state index in [1.54, 1.807) is 12.3 Å². The summed E-state index contributed by atoms with van der Waals surface area (Å²) in [7, 11) is 0.